The van der Waals surface area contributed by atoms with Gasteiger partial charge in [0.1, 0.15) is 17.2 Å². The largest absolute Gasteiger partial charge is 0.508 e. The molecular weight excluding hydrogens is 230 g/mol. The van der Waals surface area contributed by atoms with Gasteiger partial charge in [0.05, 0.1) is 5.69 Å². The van der Waals surface area contributed by atoms with Crippen LogP contribution in [0.1, 0.15) is 0 Å². The Hall–Kier alpha value is -2.62. The van der Waals surface area contributed by atoms with E-state index in [0.29, 0.717) is 5.56 Å². The van der Waals surface area contributed by atoms with Crippen molar-refractivity contribution in [2.45, 2.75) is 0 Å². The molecule has 18 heavy (non-hydrogen) atoms. The molecule has 0 saturated carbocycles. The zero-order chi connectivity index (χ0) is 12.7. The quantitative estimate of drug-likeness (QED) is 0.529. The fourth-order valence-corrected chi connectivity index (χ4v) is 2.01. The third-order valence-electron chi connectivity index (χ3n) is 2.88. The van der Waals surface area contributed by atoms with Gasteiger partial charge in [-0.1, -0.05) is 0 Å². The van der Waals surface area contributed by atoms with Crippen molar-refractivity contribution in [2.24, 2.45) is 0 Å². The van der Waals surface area contributed by atoms with E-state index in [9.17, 15) is 15.3 Å². The third kappa shape index (κ3) is 1.64. The molecule has 1 heterocycles. The van der Waals surface area contributed by atoms with Crippen LogP contribution in [0.15, 0.2) is 42.5 Å². The number of aromatic amines is 1. The highest BCUT2D eigenvalue weighted by Crippen LogP contribution is 2.33. The van der Waals surface area contributed by atoms with Crippen LogP contribution >= 0.6 is 0 Å². The van der Waals surface area contributed by atoms with Crippen molar-refractivity contribution in [1.82, 2.24) is 4.98 Å². The molecule has 0 amide bonds. The minimum absolute atomic E-state index is 0.00535. The summed E-state index contributed by atoms with van der Waals surface area (Å²) in [7, 11) is 0. The summed E-state index contributed by atoms with van der Waals surface area (Å²) in [4.78, 5) is 3.15. The van der Waals surface area contributed by atoms with Gasteiger partial charge in [0.2, 0.25) is 0 Å². The maximum absolute atomic E-state index is 9.80. The number of hydrogen-bond donors (Lipinski definition) is 4. The summed E-state index contributed by atoms with van der Waals surface area (Å²) in [6, 6.07) is 11.3. The molecule has 4 N–H and O–H groups in total. The van der Waals surface area contributed by atoms with Gasteiger partial charge in [-0.25, -0.2) is 0 Å². The summed E-state index contributed by atoms with van der Waals surface area (Å²) in [6.07, 6.45) is 0. The molecule has 0 fully saturated rings. The molecule has 0 bridgehead atoms. The first-order valence-electron chi connectivity index (χ1n) is 5.47. The van der Waals surface area contributed by atoms with Crippen molar-refractivity contribution >= 4 is 10.9 Å². The lowest BCUT2D eigenvalue weighted by Gasteiger charge is -2.02. The van der Waals surface area contributed by atoms with E-state index in [1.54, 1.807) is 24.3 Å². The average molecular weight is 241 g/mol. The van der Waals surface area contributed by atoms with E-state index in [4.69, 9.17) is 0 Å². The number of aromatic nitrogens is 1. The van der Waals surface area contributed by atoms with Gasteiger partial charge in [-0.15, -0.1) is 0 Å². The van der Waals surface area contributed by atoms with Crippen LogP contribution in [0.4, 0.5) is 0 Å². The maximum Gasteiger partial charge on any atom is 0.128 e. The predicted molar refractivity (Wildman–Crippen MR) is 68.7 cm³/mol. The minimum Gasteiger partial charge on any atom is -0.508 e. The van der Waals surface area contributed by atoms with Gasteiger partial charge in [-0.3, -0.25) is 0 Å². The van der Waals surface area contributed by atoms with E-state index >= 15 is 0 Å². The van der Waals surface area contributed by atoms with E-state index in [1.165, 1.54) is 12.1 Å². The predicted octanol–water partition coefficient (Wildman–Crippen LogP) is 2.95. The van der Waals surface area contributed by atoms with Crippen LogP contribution in [-0.4, -0.2) is 20.3 Å². The van der Waals surface area contributed by atoms with Crippen LogP contribution in [0.5, 0.6) is 17.2 Å². The number of phenols is 3. The van der Waals surface area contributed by atoms with Crippen molar-refractivity contribution in [3.05, 3.63) is 42.5 Å². The second-order valence-corrected chi connectivity index (χ2v) is 4.16. The Morgan fingerprint density at radius 2 is 1.50 bits per heavy atom. The third-order valence-corrected chi connectivity index (χ3v) is 2.88. The van der Waals surface area contributed by atoms with Crippen LogP contribution in [-0.2, 0) is 0 Å². The zero-order valence-electron chi connectivity index (χ0n) is 9.38. The number of benzene rings is 2. The van der Waals surface area contributed by atoms with E-state index < -0.39 is 0 Å². The van der Waals surface area contributed by atoms with E-state index in [2.05, 4.69) is 4.98 Å². The highest BCUT2D eigenvalue weighted by atomic mass is 16.3. The van der Waals surface area contributed by atoms with Crippen molar-refractivity contribution in [2.75, 3.05) is 0 Å². The molecule has 90 valence electrons. The molecule has 2 aromatic carbocycles. The van der Waals surface area contributed by atoms with E-state index in [0.717, 1.165) is 16.6 Å². The van der Waals surface area contributed by atoms with Gasteiger partial charge in [0.15, 0.2) is 0 Å². The number of hydrogen-bond acceptors (Lipinski definition) is 3. The van der Waals surface area contributed by atoms with Gasteiger partial charge in [-0.2, -0.15) is 0 Å². The second-order valence-electron chi connectivity index (χ2n) is 4.16. The standard InChI is InChI=1S/C14H11NO3/c16-9-2-4-12-8(5-9)6-13(15-12)11-3-1-10(17)7-14(11)18/h1-7,15-18H. The lowest BCUT2D eigenvalue weighted by atomic mass is 10.1. The molecule has 0 unspecified atom stereocenters. The van der Waals surface area contributed by atoms with Crippen molar-refractivity contribution in [1.29, 1.82) is 0 Å². The first kappa shape index (κ1) is 10.5. The normalized spacial score (nSPS) is 10.9. The van der Waals surface area contributed by atoms with Gasteiger partial charge < -0.3 is 20.3 Å². The van der Waals surface area contributed by atoms with Gasteiger partial charge >= 0.3 is 0 Å². The van der Waals surface area contributed by atoms with Crippen molar-refractivity contribution in [3.63, 3.8) is 0 Å². The zero-order valence-corrected chi connectivity index (χ0v) is 9.38. The molecule has 0 aliphatic rings. The minimum atomic E-state index is 0.00535. The van der Waals surface area contributed by atoms with Gasteiger partial charge in [-0.05, 0) is 36.4 Å². The summed E-state index contributed by atoms with van der Waals surface area (Å²) in [5, 5.41) is 29.3. The van der Waals surface area contributed by atoms with Crippen LogP contribution < -0.4 is 0 Å². The fraction of sp³-hybridized carbons (Fsp3) is 0. The number of aromatic hydroxyl groups is 3. The van der Waals surface area contributed by atoms with Gasteiger partial charge in [0, 0.05) is 22.5 Å². The van der Waals surface area contributed by atoms with E-state index in [1.807, 2.05) is 6.07 Å². The maximum atomic E-state index is 9.80. The molecule has 0 spiro atoms. The van der Waals surface area contributed by atoms with Crippen LogP contribution in [0.25, 0.3) is 22.2 Å². The molecule has 0 atom stereocenters. The number of fused-ring (bicyclic) bond motifs is 1. The molecule has 4 nitrogen and oxygen atoms in total. The molecule has 1 aromatic heterocycles. The SMILES string of the molecule is Oc1ccc(-c2cc3cc(O)ccc3[nH]2)c(O)c1. The summed E-state index contributed by atoms with van der Waals surface area (Å²) < 4.78 is 0. The molecular formula is C14H11NO3. The molecule has 0 saturated heterocycles. The topological polar surface area (TPSA) is 76.5 Å². The first-order valence-corrected chi connectivity index (χ1v) is 5.47. The monoisotopic (exact) mass is 241 g/mol. The van der Waals surface area contributed by atoms with Crippen LogP contribution in [0, 0.1) is 0 Å². The lowest BCUT2D eigenvalue weighted by molar-refractivity contribution is 0.452. The Bertz CT molecular complexity index is 731. The molecule has 3 rings (SSSR count). The molecule has 3 aromatic rings. The Morgan fingerprint density at radius 3 is 2.28 bits per heavy atom. The molecule has 0 radical (unpaired) electrons. The highest BCUT2D eigenvalue weighted by molar-refractivity contribution is 5.88. The summed E-state index contributed by atoms with van der Waals surface area (Å²) >= 11 is 0. The van der Waals surface area contributed by atoms with Crippen LogP contribution in [0.2, 0.25) is 0 Å². The fourth-order valence-electron chi connectivity index (χ4n) is 2.01. The summed E-state index contributed by atoms with van der Waals surface area (Å²) in [6.45, 7) is 0. The number of rotatable bonds is 1. The highest BCUT2D eigenvalue weighted by Gasteiger charge is 2.08. The van der Waals surface area contributed by atoms with Gasteiger partial charge in [0.25, 0.3) is 0 Å². The Balaban J connectivity index is 2.19. The van der Waals surface area contributed by atoms with Crippen molar-refractivity contribution < 1.29 is 15.3 Å². The number of nitrogens with one attached hydrogen (secondary N) is 1. The number of H-pyrrole nitrogens is 1. The van der Waals surface area contributed by atoms with Crippen LogP contribution in [0.3, 0.4) is 0 Å². The smallest absolute Gasteiger partial charge is 0.128 e. The van der Waals surface area contributed by atoms with Crippen molar-refractivity contribution in [3.8, 4) is 28.5 Å². The Morgan fingerprint density at radius 1 is 0.778 bits per heavy atom. The average Bonchev–Trinajstić information content (AvgIpc) is 2.71. The Labute approximate surface area is 103 Å². The first-order chi connectivity index (χ1) is 8.63. The van der Waals surface area contributed by atoms with E-state index in [-0.39, 0.29) is 17.2 Å². The molecule has 0 aliphatic carbocycles. The Kier molecular flexibility index (Phi) is 2.16. The molecule has 0 aliphatic heterocycles. The lowest BCUT2D eigenvalue weighted by Crippen LogP contribution is -1.78. The summed E-state index contributed by atoms with van der Waals surface area (Å²) in [5.41, 5.74) is 2.20. The molecule has 4 heteroatoms. The number of phenolic OH excluding ortho intramolecular Hbond substituents is 3. The summed E-state index contributed by atoms with van der Waals surface area (Å²) in [5.74, 6) is 0.221. The second kappa shape index (κ2) is 3.70.